The van der Waals surface area contributed by atoms with Crippen LogP contribution in [0.1, 0.15) is 30.3 Å². The summed E-state index contributed by atoms with van der Waals surface area (Å²) in [6.45, 7) is 3.35. The highest BCUT2D eigenvalue weighted by molar-refractivity contribution is 5.81. The van der Waals surface area contributed by atoms with E-state index in [1.807, 2.05) is 36.1 Å². The van der Waals surface area contributed by atoms with Crippen LogP contribution in [0.2, 0.25) is 0 Å². The fourth-order valence-corrected chi connectivity index (χ4v) is 3.64. The average Bonchev–Trinajstić information content (AvgIpc) is 3.11. The van der Waals surface area contributed by atoms with Crippen LogP contribution in [0.25, 0.3) is 0 Å². The van der Waals surface area contributed by atoms with Crippen LogP contribution in [0.5, 0.6) is 5.75 Å². The maximum absolute atomic E-state index is 13.3. The fraction of sp³-hybridized carbons (Fsp3) is 0.579. The van der Waals surface area contributed by atoms with E-state index in [2.05, 4.69) is 34.5 Å². The normalized spacial score (nSPS) is 16.6. The van der Waals surface area contributed by atoms with Gasteiger partial charge in [0, 0.05) is 25.6 Å². The van der Waals surface area contributed by atoms with Crippen molar-refractivity contribution in [2.75, 3.05) is 34.3 Å². The number of benzene rings is 1. The van der Waals surface area contributed by atoms with Gasteiger partial charge in [0.1, 0.15) is 17.6 Å². The molecule has 1 aliphatic heterocycles. The highest BCUT2D eigenvalue weighted by atomic mass is 16.5. The van der Waals surface area contributed by atoms with Crippen molar-refractivity contribution >= 4 is 5.91 Å². The van der Waals surface area contributed by atoms with Crippen LogP contribution in [-0.2, 0) is 11.2 Å². The molecule has 0 radical (unpaired) electrons. The predicted octanol–water partition coefficient (Wildman–Crippen LogP) is 1.33. The van der Waals surface area contributed by atoms with Crippen LogP contribution in [0.3, 0.4) is 0 Å². The Labute approximate surface area is 160 Å². The van der Waals surface area contributed by atoms with Crippen molar-refractivity contribution in [3.8, 4) is 5.75 Å². The summed E-state index contributed by atoms with van der Waals surface area (Å²) in [4.78, 5) is 17.5. The van der Waals surface area contributed by atoms with Crippen molar-refractivity contribution in [1.29, 1.82) is 0 Å². The number of rotatable bonds is 6. The fourth-order valence-electron chi connectivity index (χ4n) is 3.64. The molecule has 27 heavy (non-hydrogen) atoms. The van der Waals surface area contributed by atoms with Gasteiger partial charge in [-0.05, 0) is 62.0 Å². The number of amides is 1. The monoisotopic (exact) mass is 372 g/mol. The van der Waals surface area contributed by atoms with Gasteiger partial charge in [-0.25, -0.2) is 4.68 Å². The van der Waals surface area contributed by atoms with E-state index in [0.717, 1.165) is 37.2 Å². The molecule has 8 nitrogen and oxygen atoms in total. The Morgan fingerprint density at radius 2 is 2.07 bits per heavy atom. The van der Waals surface area contributed by atoms with Crippen LogP contribution in [-0.4, -0.2) is 76.3 Å². The van der Waals surface area contributed by atoms with Crippen molar-refractivity contribution in [1.82, 2.24) is 30.0 Å². The Kier molecular flexibility index (Phi) is 6.05. The number of nitrogens with zero attached hydrogens (tertiary/aromatic N) is 6. The summed E-state index contributed by atoms with van der Waals surface area (Å²) in [5.74, 6) is 1.49. The van der Waals surface area contributed by atoms with Gasteiger partial charge in [-0.15, -0.1) is 5.10 Å². The molecule has 2 aromatic rings. The minimum Gasteiger partial charge on any atom is -0.497 e. The molecule has 8 heteroatoms. The molecule has 1 amide bonds. The van der Waals surface area contributed by atoms with Crippen LogP contribution >= 0.6 is 0 Å². The number of carbonyl (C=O) groups is 1. The Morgan fingerprint density at radius 1 is 1.33 bits per heavy atom. The van der Waals surface area contributed by atoms with E-state index >= 15 is 0 Å². The molecule has 1 aromatic heterocycles. The third-order valence-electron chi connectivity index (χ3n) is 5.31. The number of methoxy groups -OCH3 is 1. The maximum Gasteiger partial charge on any atom is 0.247 e. The van der Waals surface area contributed by atoms with Gasteiger partial charge < -0.3 is 14.5 Å². The lowest BCUT2D eigenvalue weighted by molar-refractivity contribution is -0.136. The number of likely N-dealkylation sites (tertiary alicyclic amines) is 1. The first-order valence-electron chi connectivity index (χ1n) is 9.32. The van der Waals surface area contributed by atoms with Gasteiger partial charge in [0.15, 0.2) is 0 Å². The van der Waals surface area contributed by atoms with E-state index in [1.165, 1.54) is 0 Å². The highest BCUT2D eigenvalue weighted by Gasteiger charge is 2.31. The van der Waals surface area contributed by atoms with Crippen molar-refractivity contribution in [3.63, 3.8) is 0 Å². The first-order valence-corrected chi connectivity index (χ1v) is 9.32. The summed E-state index contributed by atoms with van der Waals surface area (Å²) < 4.78 is 6.95. The Morgan fingerprint density at radius 3 is 2.67 bits per heavy atom. The van der Waals surface area contributed by atoms with E-state index in [1.54, 1.807) is 11.8 Å². The second-order valence-corrected chi connectivity index (χ2v) is 7.26. The molecule has 0 N–H and O–H groups in total. The van der Waals surface area contributed by atoms with Crippen molar-refractivity contribution < 1.29 is 9.53 Å². The molecule has 3 rings (SSSR count). The molecule has 0 bridgehead atoms. The Hall–Kier alpha value is -2.48. The van der Waals surface area contributed by atoms with E-state index in [4.69, 9.17) is 4.74 Å². The zero-order chi connectivity index (χ0) is 19.4. The highest BCUT2D eigenvalue weighted by Crippen LogP contribution is 2.23. The molecule has 1 aromatic carbocycles. The molecule has 0 aliphatic carbocycles. The molecule has 1 saturated heterocycles. The third kappa shape index (κ3) is 4.44. The van der Waals surface area contributed by atoms with E-state index in [9.17, 15) is 4.79 Å². The summed E-state index contributed by atoms with van der Waals surface area (Å²) >= 11 is 0. The zero-order valence-corrected chi connectivity index (χ0v) is 16.5. The minimum atomic E-state index is -0.456. The number of aryl methyl sites for hydroxylation is 1. The lowest BCUT2D eigenvalue weighted by Crippen LogP contribution is -2.47. The quantitative estimate of drug-likeness (QED) is 0.761. The number of ether oxygens (including phenoxy) is 1. The number of piperidine rings is 1. The lowest BCUT2D eigenvalue weighted by Gasteiger charge is -2.36. The first kappa shape index (κ1) is 19.3. The molecule has 146 valence electrons. The number of hydrogen-bond donors (Lipinski definition) is 0. The first-order chi connectivity index (χ1) is 13.0. The number of aromatic nitrogens is 4. The second-order valence-electron chi connectivity index (χ2n) is 7.26. The van der Waals surface area contributed by atoms with Crippen molar-refractivity contribution in [3.05, 3.63) is 35.7 Å². The maximum atomic E-state index is 13.3. The predicted molar refractivity (Wildman–Crippen MR) is 102 cm³/mol. The van der Waals surface area contributed by atoms with Gasteiger partial charge in [0.2, 0.25) is 5.91 Å². The SMILES string of the molecule is COc1cccc(CC(C(=O)N2CCC(N(C)C)CC2)n2nnnc2C)c1. The topological polar surface area (TPSA) is 76.4 Å². The van der Waals surface area contributed by atoms with Gasteiger partial charge >= 0.3 is 0 Å². The minimum absolute atomic E-state index is 0.0745. The molecule has 1 unspecified atom stereocenters. The van der Waals surface area contributed by atoms with Crippen LogP contribution in [0.15, 0.2) is 24.3 Å². The Bertz CT molecular complexity index is 767. The standard InChI is InChI=1S/C19H28N6O2/c1-14-20-21-22-25(14)18(13-15-6-5-7-17(12-15)27-4)19(26)24-10-8-16(9-11-24)23(2)3/h5-7,12,16,18H,8-11,13H2,1-4H3. The molecular weight excluding hydrogens is 344 g/mol. The van der Waals surface area contributed by atoms with E-state index in [0.29, 0.717) is 18.3 Å². The molecule has 1 atom stereocenters. The molecule has 2 heterocycles. The van der Waals surface area contributed by atoms with Gasteiger partial charge in [-0.2, -0.15) is 0 Å². The largest absolute Gasteiger partial charge is 0.497 e. The van der Waals surface area contributed by atoms with Crippen molar-refractivity contribution in [2.24, 2.45) is 0 Å². The van der Waals surface area contributed by atoms with Gasteiger partial charge in [0.05, 0.1) is 7.11 Å². The second kappa shape index (κ2) is 8.47. The van der Waals surface area contributed by atoms with Gasteiger partial charge in [-0.3, -0.25) is 4.79 Å². The smallest absolute Gasteiger partial charge is 0.247 e. The van der Waals surface area contributed by atoms with Crippen molar-refractivity contribution in [2.45, 2.75) is 38.3 Å². The summed E-state index contributed by atoms with van der Waals surface area (Å²) in [7, 11) is 5.83. The summed E-state index contributed by atoms with van der Waals surface area (Å²) in [5, 5.41) is 11.8. The molecule has 0 spiro atoms. The van der Waals surface area contributed by atoms with E-state index < -0.39 is 6.04 Å². The van der Waals surface area contributed by atoms with E-state index in [-0.39, 0.29) is 5.91 Å². The zero-order valence-electron chi connectivity index (χ0n) is 16.5. The summed E-state index contributed by atoms with van der Waals surface area (Å²) in [5.41, 5.74) is 1.02. The van der Waals surface area contributed by atoms with Crippen LogP contribution in [0.4, 0.5) is 0 Å². The average molecular weight is 372 g/mol. The lowest BCUT2D eigenvalue weighted by atomic mass is 10.0. The summed E-state index contributed by atoms with van der Waals surface area (Å²) in [6, 6.07) is 7.86. The summed E-state index contributed by atoms with van der Waals surface area (Å²) in [6.07, 6.45) is 2.49. The molecular formula is C19H28N6O2. The third-order valence-corrected chi connectivity index (χ3v) is 5.31. The molecule has 0 saturated carbocycles. The Balaban J connectivity index is 1.80. The number of hydrogen-bond acceptors (Lipinski definition) is 6. The van der Waals surface area contributed by atoms with Crippen LogP contribution < -0.4 is 4.74 Å². The van der Waals surface area contributed by atoms with Gasteiger partial charge in [-0.1, -0.05) is 12.1 Å². The molecule has 1 aliphatic rings. The van der Waals surface area contributed by atoms with Gasteiger partial charge in [0.25, 0.3) is 0 Å². The van der Waals surface area contributed by atoms with Crippen LogP contribution in [0, 0.1) is 6.92 Å². The molecule has 1 fully saturated rings. The number of tetrazole rings is 1. The number of carbonyl (C=O) groups excluding carboxylic acids is 1.